The number of halogens is 18. The van der Waals surface area contributed by atoms with Gasteiger partial charge >= 0.3 is 56.3 Å². The Hall–Kier alpha value is -11.3. The summed E-state index contributed by atoms with van der Waals surface area (Å²) in [5, 5.41) is 18.6. The molecule has 26 nitrogen and oxygen atoms in total. The maximum Gasteiger partial charge on any atom is 0.573 e. The van der Waals surface area contributed by atoms with Crippen molar-refractivity contribution in [3.05, 3.63) is 146 Å². The van der Waals surface area contributed by atoms with Crippen LogP contribution in [0.5, 0.6) is 51.7 Å². The monoisotopic (exact) mass is 1900 g/mol. The zero-order valence-electron chi connectivity index (χ0n) is 71.5. The van der Waals surface area contributed by atoms with Crippen LogP contribution >= 0.6 is 0 Å². The number of nitrogens with zero attached hydrogens (tertiary/aromatic N) is 4. The SMILES string of the molecule is CN1CCN(CCCC(=O)C2CC(NC(=O)Nc3cccc(OC(F)(F)F)c3)CCC2Oc2ccc(OC(F)(F)F)cc2)CC1.O=C(Nc1cccc(OC(F)(F)F)c1)NC1CC(Oc2ccc(OC(F)(F)F)cc2)C(C(=O)NCCN2CCCCC2)C1.O=C(Nc1cccc(OC(F)(F)F)c1)NC1CCC(Oc2ccc(OC(F)(F)F)cc2)C(C(=O)CCCN2CCCCC2)C1. The Balaban J connectivity index is 0.000000205. The van der Waals surface area contributed by atoms with Crippen molar-refractivity contribution >= 4 is 52.6 Å². The lowest BCUT2D eigenvalue weighted by atomic mass is 9.79. The Bertz CT molecular complexity index is 4640. The van der Waals surface area contributed by atoms with E-state index in [0.717, 1.165) is 164 Å². The molecule has 9 atom stereocenters. The van der Waals surface area contributed by atoms with E-state index >= 15 is 0 Å². The number of likely N-dealkylation sites (N-methyl/N-ethyl adjacent to an activating group) is 1. The van der Waals surface area contributed by atoms with Crippen molar-refractivity contribution in [1.82, 2.24) is 40.9 Å². The number of ketones is 2. The number of hydrogen-bond donors (Lipinski definition) is 7. The molecule has 0 aromatic heterocycles. The summed E-state index contributed by atoms with van der Waals surface area (Å²) < 4.78 is 267. The molecule has 3 saturated carbocycles. The lowest BCUT2D eigenvalue weighted by Gasteiger charge is -2.36. The van der Waals surface area contributed by atoms with Crippen molar-refractivity contribution in [3.63, 3.8) is 0 Å². The highest BCUT2D eigenvalue weighted by atomic mass is 19.4. The summed E-state index contributed by atoms with van der Waals surface area (Å²) in [6.07, 6.45) is -19.8. The highest BCUT2D eigenvalue weighted by molar-refractivity contribution is 5.91. The number of urea groups is 3. The number of piperidine rings is 2. The van der Waals surface area contributed by atoms with Crippen molar-refractivity contribution in [2.45, 2.75) is 190 Å². The molecule has 6 aromatic carbocycles. The first kappa shape index (κ1) is 103. The number of amides is 7. The molecule has 3 heterocycles. The first-order valence-corrected chi connectivity index (χ1v) is 42.9. The number of nitrogens with one attached hydrogen (secondary N) is 7. The third-order valence-electron chi connectivity index (χ3n) is 22.3. The molecule has 6 fully saturated rings. The molecule has 44 heteroatoms. The summed E-state index contributed by atoms with van der Waals surface area (Å²) in [7, 11) is 2.06. The quantitative estimate of drug-likeness (QED) is 0.0193. The molecule has 132 heavy (non-hydrogen) atoms. The topological polar surface area (TPSA) is 283 Å². The summed E-state index contributed by atoms with van der Waals surface area (Å²) in [4.78, 5) is 87.4. The average Bonchev–Trinajstić information content (AvgIpc) is 1.62. The average molecular weight is 1900 g/mol. The fraction of sp³-hybridized carbons (Fsp3) is 0.523. The number of ether oxygens (including phenoxy) is 9. The van der Waals surface area contributed by atoms with E-state index in [1.165, 1.54) is 85.6 Å². The molecule has 6 aromatic rings. The molecule has 7 N–H and O–H groups in total. The van der Waals surface area contributed by atoms with Gasteiger partial charge < -0.3 is 99.4 Å². The molecule has 9 unspecified atom stereocenters. The van der Waals surface area contributed by atoms with E-state index in [4.69, 9.17) is 14.2 Å². The van der Waals surface area contributed by atoms with Crippen molar-refractivity contribution in [1.29, 1.82) is 0 Å². The van der Waals surface area contributed by atoms with Gasteiger partial charge in [0.25, 0.3) is 0 Å². The summed E-state index contributed by atoms with van der Waals surface area (Å²) in [6, 6.07) is 25.7. The Kier molecular flexibility index (Phi) is 37.3. The molecular weight excluding hydrogens is 1790 g/mol. The van der Waals surface area contributed by atoms with Gasteiger partial charge in [0.1, 0.15) is 81.6 Å². The minimum atomic E-state index is -4.89. The molecule has 0 spiro atoms. The largest absolute Gasteiger partial charge is 0.573 e. The molecule has 0 radical (unpaired) electrons. The molecule has 0 bridgehead atoms. The molecular formula is C88H103F18N11O15. The molecule has 726 valence electrons. The fourth-order valence-electron chi connectivity index (χ4n) is 16.3. The minimum absolute atomic E-state index is 0.0343. The van der Waals surface area contributed by atoms with E-state index in [0.29, 0.717) is 64.5 Å². The Morgan fingerprint density at radius 2 is 0.629 bits per heavy atom. The first-order valence-electron chi connectivity index (χ1n) is 42.9. The van der Waals surface area contributed by atoms with E-state index in [-0.39, 0.29) is 77.5 Å². The summed E-state index contributed by atoms with van der Waals surface area (Å²) in [6.45, 7) is 10.3. The fourth-order valence-corrected chi connectivity index (χ4v) is 16.3. The van der Waals surface area contributed by atoms with Crippen molar-refractivity contribution in [2.24, 2.45) is 17.8 Å². The van der Waals surface area contributed by atoms with E-state index in [2.05, 4.69) is 92.3 Å². The van der Waals surface area contributed by atoms with E-state index < -0.39 is 145 Å². The van der Waals surface area contributed by atoms with Crippen molar-refractivity contribution in [2.75, 3.05) is 102 Å². The lowest BCUT2D eigenvalue weighted by Crippen LogP contribution is -2.48. The summed E-state index contributed by atoms with van der Waals surface area (Å²) >= 11 is 0. The molecule has 3 aliphatic carbocycles. The summed E-state index contributed by atoms with van der Waals surface area (Å²) in [5.41, 5.74) is 0.225. The second kappa shape index (κ2) is 47.9. The van der Waals surface area contributed by atoms with Crippen LogP contribution in [0, 0.1) is 17.8 Å². The van der Waals surface area contributed by atoms with Gasteiger partial charge in [0.2, 0.25) is 5.91 Å². The second-order valence-corrected chi connectivity index (χ2v) is 32.4. The Morgan fingerprint density at radius 3 is 0.977 bits per heavy atom. The number of anilines is 3. The number of rotatable bonds is 32. The van der Waals surface area contributed by atoms with Crippen LogP contribution in [-0.4, -0.2) is 215 Å². The van der Waals surface area contributed by atoms with E-state index in [9.17, 15) is 108 Å². The smallest absolute Gasteiger partial charge is 0.490 e. The Labute approximate surface area is 748 Å². The third-order valence-corrected chi connectivity index (χ3v) is 22.3. The zero-order valence-corrected chi connectivity index (χ0v) is 71.5. The van der Waals surface area contributed by atoms with Crippen LogP contribution in [0.1, 0.15) is 116 Å². The van der Waals surface area contributed by atoms with Crippen LogP contribution in [0.2, 0.25) is 0 Å². The van der Waals surface area contributed by atoms with E-state index in [1.54, 1.807) is 0 Å². The van der Waals surface area contributed by atoms with Gasteiger partial charge in [-0.05, 0) is 239 Å². The normalized spacial score (nSPS) is 21.3. The maximum atomic E-state index is 13.5. The number of piperazine rings is 1. The minimum Gasteiger partial charge on any atom is -0.490 e. The lowest BCUT2D eigenvalue weighted by molar-refractivity contribution is -0.275. The van der Waals surface area contributed by atoms with E-state index in [1.807, 2.05) is 0 Å². The zero-order chi connectivity index (χ0) is 95.4. The van der Waals surface area contributed by atoms with Gasteiger partial charge in [0, 0.05) is 112 Å². The van der Waals surface area contributed by atoms with Gasteiger partial charge in [-0.1, -0.05) is 31.0 Å². The van der Waals surface area contributed by atoms with Crippen LogP contribution < -0.4 is 79.8 Å². The van der Waals surface area contributed by atoms with Crippen LogP contribution in [0.4, 0.5) is 110 Å². The Morgan fingerprint density at radius 1 is 0.326 bits per heavy atom. The number of likely N-dealkylation sites (tertiary alicyclic amines) is 2. The molecule has 12 rings (SSSR count). The number of alkyl halides is 18. The number of carbonyl (C=O) groups is 6. The van der Waals surface area contributed by atoms with Gasteiger partial charge in [-0.25, -0.2) is 14.4 Å². The van der Waals surface area contributed by atoms with Gasteiger partial charge in [-0.2, -0.15) is 0 Å². The molecule has 3 saturated heterocycles. The highest BCUT2D eigenvalue weighted by Crippen LogP contribution is 2.39. The van der Waals surface area contributed by atoms with Crippen molar-refractivity contribution < 1.29 is 150 Å². The maximum absolute atomic E-state index is 13.5. The standard InChI is InChI=1S/C30H36F6N4O5.C30H35F6N3O5.C28H32F6N4O5/c1-39-14-16-40(17-15-39)13-3-6-26(41)25-19-21(38-28(42)37-20-4-2-5-24(18-20)45-30(34,35)36)7-12-27(25)43-22-8-10-23(11-9-22)44-29(31,32)33;31-29(32,33)43-23-12-10-22(11-13-23)42-27-14-9-21(19-25(27)26(40)8-5-17-39-15-2-1-3-16-39)38-28(41)37-20-6-4-7-24(18-20)44-30(34,35)36;29-27(30,31)42-21-9-7-20(8-10-21)41-24-17-19(16-23(24)25(39)35-11-14-38-12-2-1-3-13-38)37-26(40)36-18-5-4-6-22(15-18)43-28(32,33)34/h2,4-5,8-11,18,21,25,27H,3,6-7,12-17,19H2,1H3,(H2,37,38,42);4,6-7,10-13,18,21,25,27H,1-3,5,8-9,14-17,19H2,(H2,37,38,41);4-10,15,19,23-24H,1-3,11-14,16-17H2,(H,35,39)(H2,36,37,40). The third kappa shape index (κ3) is 37.8. The van der Waals surface area contributed by atoms with Gasteiger partial charge in [-0.3, -0.25) is 14.4 Å². The molecule has 6 aliphatic rings. The van der Waals surface area contributed by atoms with Gasteiger partial charge in [0.15, 0.2) is 0 Å². The first-order chi connectivity index (χ1) is 62.4. The molecule has 7 amide bonds. The number of Topliss-reactive ketones (excluding diaryl/α,β-unsaturated/α-hetero) is 2. The van der Waals surface area contributed by atoms with Gasteiger partial charge in [-0.15, -0.1) is 79.0 Å². The molecule has 3 aliphatic heterocycles. The van der Waals surface area contributed by atoms with Crippen LogP contribution in [0.15, 0.2) is 146 Å². The highest BCUT2D eigenvalue weighted by Gasteiger charge is 2.44. The van der Waals surface area contributed by atoms with Gasteiger partial charge in [0.05, 0.1) is 17.8 Å². The second-order valence-electron chi connectivity index (χ2n) is 32.4. The summed E-state index contributed by atoms with van der Waals surface area (Å²) in [5.74, 6) is -4.22. The predicted molar refractivity (Wildman–Crippen MR) is 443 cm³/mol. The number of benzene rings is 6. The number of hydrogen-bond acceptors (Lipinski definition) is 19. The van der Waals surface area contributed by atoms with Crippen LogP contribution in [-0.2, 0) is 14.4 Å². The predicted octanol–water partition coefficient (Wildman–Crippen LogP) is 18.3. The van der Waals surface area contributed by atoms with Crippen LogP contribution in [0.3, 0.4) is 0 Å². The van der Waals surface area contributed by atoms with Crippen molar-refractivity contribution in [3.8, 4) is 51.7 Å². The van der Waals surface area contributed by atoms with Crippen LogP contribution in [0.25, 0.3) is 0 Å². The number of carbonyl (C=O) groups excluding carboxylic acids is 6.